The van der Waals surface area contributed by atoms with Gasteiger partial charge in [-0.05, 0) is 37.3 Å². The van der Waals surface area contributed by atoms with Crippen LogP contribution in [0.1, 0.15) is 17.3 Å². The first kappa shape index (κ1) is 16.3. The molecule has 22 heavy (non-hydrogen) atoms. The SMILES string of the molecule is CC(NC(=O)c1ccccc1)C(=O)Nc1ccc(Cl)c(Cl)c1. The molecular weight excluding hydrogens is 323 g/mol. The minimum Gasteiger partial charge on any atom is -0.341 e. The highest BCUT2D eigenvalue weighted by atomic mass is 35.5. The molecule has 1 unspecified atom stereocenters. The third kappa shape index (κ3) is 4.23. The molecule has 0 spiro atoms. The van der Waals surface area contributed by atoms with E-state index in [1.807, 2.05) is 6.07 Å². The number of benzene rings is 2. The van der Waals surface area contributed by atoms with Gasteiger partial charge in [-0.25, -0.2) is 0 Å². The van der Waals surface area contributed by atoms with Gasteiger partial charge in [-0.3, -0.25) is 9.59 Å². The van der Waals surface area contributed by atoms with Crippen molar-refractivity contribution in [1.29, 1.82) is 0 Å². The van der Waals surface area contributed by atoms with Crippen LogP contribution < -0.4 is 10.6 Å². The summed E-state index contributed by atoms with van der Waals surface area (Å²) >= 11 is 11.7. The normalized spacial score (nSPS) is 11.6. The quantitative estimate of drug-likeness (QED) is 0.893. The molecule has 0 aliphatic rings. The minimum atomic E-state index is -0.692. The smallest absolute Gasteiger partial charge is 0.251 e. The molecule has 0 bridgehead atoms. The highest BCUT2D eigenvalue weighted by molar-refractivity contribution is 6.42. The Morgan fingerprint density at radius 2 is 1.68 bits per heavy atom. The fraction of sp³-hybridized carbons (Fsp3) is 0.125. The summed E-state index contributed by atoms with van der Waals surface area (Å²) in [5, 5.41) is 6.06. The average Bonchev–Trinajstić information content (AvgIpc) is 2.51. The van der Waals surface area contributed by atoms with Crippen LogP contribution in [0.25, 0.3) is 0 Å². The summed E-state index contributed by atoms with van der Waals surface area (Å²) in [6.45, 7) is 1.60. The van der Waals surface area contributed by atoms with Crippen LogP contribution in [0.2, 0.25) is 10.0 Å². The van der Waals surface area contributed by atoms with Gasteiger partial charge in [0.25, 0.3) is 5.91 Å². The van der Waals surface area contributed by atoms with Crippen LogP contribution in [0.4, 0.5) is 5.69 Å². The second kappa shape index (κ2) is 7.29. The second-order valence-electron chi connectivity index (χ2n) is 4.68. The molecule has 0 aliphatic carbocycles. The number of hydrogen-bond donors (Lipinski definition) is 2. The van der Waals surface area contributed by atoms with Gasteiger partial charge in [0, 0.05) is 11.3 Å². The predicted molar refractivity (Wildman–Crippen MR) is 88.5 cm³/mol. The van der Waals surface area contributed by atoms with Crippen LogP contribution >= 0.6 is 23.2 Å². The molecule has 4 nitrogen and oxygen atoms in total. The summed E-state index contributed by atoms with van der Waals surface area (Å²) in [6, 6.07) is 12.8. The maximum absolute atomic E-state index is 12.1. The van der Waals surface area contributed by atoms with E-state index >= 15 is 0 Å². The summed E-state index contributed by atoms with van der Waals surface area (Å²) in [4.78, 5) is 24.1. The highest BCUT2D eigenvalue weighted by Crippen LogP contribution is 2.25. The van der Waals surface area contributed by atoms with Crippen LogP contribution in [0.3, 0.4) is 0 Å². The van der Waals surface area contributed by atoms with Gasteiger partial charge < -0.3 is 10.6 Å². The summed E-state index contributed by atoms with van der Waals surface area (Å²) in [7, 11) is 0. The molecule has 0 fully saturated rings. The maximum Gasteiger partial charge on any atom is 0.251 e. The zero-order valence-corrected chi connectivity index (χ0v) is 13.3. The van der Waals surface area contributed by atoms with Crippen LogP contribution in [-0.2, 0) is 4.79 Å². The lowest BCUT2D eigenvalue weighted by molar-refractivity contribution is -0.117. The molecular formula is C16H14Cl2N2O2. The van der Waals surface area contributed by atoms with Gasteiger partial charge in [0.2, 0.25) is 5.91 Å². The van der Waals surface area contributed by atoms with E-state index in [4.69, 9.17) is 23.2 Å². The Morgan fingerprint density at radius 3 is 2.32 bits per heavy atom. The fourth-order valence-electron chi connectivity index (χ4n) is 1.76. The first-order chi connectivity index (χ1) is 10.5. The largest absolute Gasteiger partial charge is 0.341 e. The molecule has 0 saturated heterocycles. The molecule has 0 heterocycles. The van der Waals surface area contributed by atoms with E-state index < -0.39 is 6.04 Å². The lowest BCUT2D eigenvalue weighted by Crippen LogP contribution is -2.41. The Balaban J connectivity index is 1.97. The van der Waals surface area contributed by atoms with Gasteiger partial charge in [0.1, 0.15) is 6.04 Å². The van der Waals surface area contributed by atoms with Crippen molar-refractivity contribution >= 4 is 40.7 Å². The predicted octanol–water partition coefficient (Wildman–Crippen LogP) is 3.75. The second-order valence-corrected chi connectivity index (χ2v) is 5.49. The molecule has 2 rings (SSSR count). The Morgan fingerprint density at radius 1 is 1.00 bits per heavy atom. The first-order valence-corrected chi connectivity index (χ1v) is 7.35. The lowest BCUT2D eigenvalue weighted by atomic mass is 10.2. The van der Waals surface area contributed by atoms with Crippen LogP contribution in [0, 0.1) is 0 Å². The first-order valence-electron chi connectivity index (χ1n) is 6.59. The summed E-state index contributed by atoms with van der Waals surface area (Å²) in [5.74, 6) is -0.653. The lowest BCUT2D eigenvalue weighted by Gasteiger charge is -2.14. The Hall–Kier alpha value is -2.04. The topological polar surface area (TPSA) is 58.2 Å². The van der Waals surface area contributed by atoms with Crippen molar-refractivity contribution in [2.24, 2.45) is 0 Å². The summed E-state index contributed by atoms with van der Waals surface area (Å²) in [5.41, 5.74) is 1.01. The Bertz CT molecular complexity index is 690. The standard InChI is InChI=1S/C16H14Cl2N2O2/c1-10(19-16(22)11-5-3-2-4-6-11)15(21)20-12-7-8-13(17)14(18)9-12/h2-10H,1H3,(H,19,22)(H,20,21). The molecule has 114 valence electrons. The molecule has 0 radical (unpaired) electrons. The van der Waals surface area contributed by atoms with E-state index in [2.05, 4.69) is 10.6 Å². The van der Waals surface area contributed by atoms with Gasteiger partial charge in [-0.2, -0.15) is 0 Å². The van der Waals surface area contributed by atoms with E-state index in [1.165, 1.54) is 0 Å². The van der Waals surface area contributed by atoms with E-state index in [-0.39, 0.29) is 11.8 Å². The van der Waals surface area contributed by atoms with Crippen molar-refractivity contribution in [3.05, 3.63) is 64.1 Å². The molecule has 2 amide bonds. The van der Waals surface area contributed by atoms with Crippen molar-refractivity contribution in [3.63, 3.8) is 0 Å². The Kier molecular flexibility index (Phi) is 5.41. The molecule has 0 aromatic heterocycles. The van der Waals surface area contributed by atoms with Crippen molar-refractivity contribution in [2.45, 2.75) is 13.0 Å². The number of anilines is 1. The van der Waals surface area contributed by atoms with Gasteiger partial charge in [-0.1, -0.05) is 41.4 Å². The van der Waals surface area contributed by atoms with Gasteiger partial charge in [0.05, 0.1) is 10.0 Å². The van der Waals surface area contributed by atoms with E-state index in [1.54, 1.807) is 49.4 Å². The fourth-order valence-corrected chi connectivity index (χ4v) is 2.06. The number of halogens is 2. The molecule has 2 aromatic rings. The number of carbonyl (C=O) groups is 2. The van der Waals surface area contributed by atoms with Crippen LogP contribution in [-0.4, -0.2) is 17.9 Å². The number of hydrogen-bond acceptors (Lipinski definition) is 2. The van der Waals surface area contributed by atoms with Gasteiger partial charge in [-0.15, -0.1) is 0 Å². The van der Waals surface area contributed by atoms with Gasteiger partial charge >= 0.3 is 0 Å². The van der Waals surface area contributed by atoms with Crippen molar-refractivity contribution in [2.75, 3.05) is 5.32 Å². The number of rotatable bonds is 4. The molecule has 6 heteroatoms. The molecule has 0 saturated carbocycles. The van der Waals surface area contributed by atoms with Crippen LogP contribution in [0.15, 0.2) is 48.5 Å². The monoisotopic (exact) mass is 336 g/mol. The molecule has 0 aliphatic heterocycles. The third-order valence-corrected chi connectivity index (χ3v) is 3.70. The summed E-state index contributed by atoms with van der Waals surface area (Å²) < 4.78 is 0. The van der Waals surface area contributed by atoms with E-state index in [0.29, 0.717) is 21.3 Å². The van der Waals surface area contributed by atoms with Crippen molar-refractivity contribution < 1.29 is 9.59 Å². The van der Waals surface area contributed by atoms with E-state index in [9.17, 15) is 9.59 Å². The highest BCUT2D eigenvalue weighted by Gasteiger charge is 2.16. The van der Waals surface area contributed by atoms with Crippen molar-refractivity contribution in [1.82, 2.24) is 5.32 Å². The van der Waals surface area contributed by atoms with Gasteiger partial charge in [0.15, 0.2) is 0 Å². The molecule has 2 aromatic carbocycles. The third-order valence-electron chi connectivity index (χ3n) is 2.96. The Labute approximate surface area is 138 Å². The number of amides is 2. The molecule has 1 atom stereocenters. The maximum atomic E-state index is 12.1. The minimum absolute atomic E-state index is 0.308. The molecule has 2 N–H and O–H groups in total. The van der Waals surface area contributed by atoms with Crippen molar-refractivity contribution in [3.8, 4) is 0 Å². The number of carbonyl (C=O) groups excluding carboxylic acids is 2. The summed E-state index contributed by atoms with van der Waals surface area (Å²) in [6.07, 6.45) is 0. The zero-order valence-electron chi connectivity index (χ0n) is 11.8. The zero-order chi connectivity index (χ0) is 16.1. The van der Waals surface area contributed by atoms with E-state index in [0.717, 1.165) is 0 Å². The average molecular weight is 337 g/mol. The van der Waals surface area contributed by atoms with Crippen LogP contribution in [0.5, 0.6) is 0 Å². The number of nitrogens with one attached hydrogen (secondary N) is 2.